The van der Waals surface area contributed by atoms with Gasteiger partial charge in [0.25, 0.3) is 5.91 Å². The van der Waals surface area contributed by atoms with Gasteiger partial charge in [-0.2, -0.15) is 0 Å². The van der Waals surface area contributed by atoms with Crippen LogP contribution in [0.4, 0.5) is 0 Å². The number of aliphatic hydroxyl groups excluding tert-OH is 1. The van der Waals surface area contributed by atoms with Gasteiger partial charge in [-0.15, -0.1) is 0 Å². The van der Waals surface area contributed by atoms with E-state index in [-0.39, 0.29) is 17.9 Å². The molecule has 0 radical (unpaired) electrons. The number of aryl methyl sites for hydroxylation is 1. The van der Waals surface area contributed by atoms with Gasteiger partial charge in [0, 0.05) is 37.3 Å². The second kappa shape index (κ2) is 5.67. The van der Waals surface area contributed by atoms with Gasteiger partial charge in [0.15, 0.2) is 0 Å². The van der Waals surface area contributed by atoms with E-state index in [1.807, 2.05) is 55.9 Å². The summed E-state index contributed by atoms with van der Waals surface area (Å²) in [6, 6.07) is 7.87. The van der Waals surface area contributed by atoms with Crippen molar-refractivity contribution in [3.8, 4) is 0 Å². The van der Waals surface area contributed by atoms with E-state index in [9.17, 15) is 4.79 Å². The van der Waals surface area contributed by atoms with Gasteiger partial charge in [-0.05, 0) is 17.9 Å². The van der Waals surface area contributed by atoms with Gasteiger partial charge in [-0.25, -0.2) is 0 Å². The van der Waals surface area contributed by atoms with E-state index < -0.39 is 0 Å². The number of nitrogens with one attached hydrogen (secondary N) is 1. The molecule has 0 aliphatic carbocycles. The first-order valence-electron chi connectivity index (χ1n) is 6.88. The fraction of sp³-hybridized carbons (Fsp3) is 0.438. The van der Waals surface area contributed by atoms with Crippen molar-refractivity contribution >= 4 is 16.8 Å². The maximum absolute atomic E-state index is 12.3. The minimum absolute atomic E-state index is 0.0622. The Morgan fingerprint density at radius 3 is 2.75 bits per heavy atom. The Kier molecular flexibility index (Phi) is 4.14. The van der Waals surface area contributed by atoms with Gasteiger partial charge in [0.1, 0.15) is 0 Å². The van der Waals surface area contributed by atoms with Crippen LogP contribution in [0.1, 0.15) is 30.6 Å². The predicted molar refractivity (Wildman–Crippen MR) is 80.7 cm³/mol. The summed E-state index contributed by atoms with van der Waals surface area (Å²) in [4.78, 5) is 12.3. The van der Waals surface area contributed by atoms with Gasteiger partial charge in [0.05, 0.1) is 5.56 Å². The molecule has 0 saturated heterocycles. The number of aliphatic hydroxyl groups is 1. The summed E-state index contributed by atoms with van der Waals surface area (Å²) in [5.41, 5.74) is 1.64. The maximum atomic E-state index is 12.3. The Labute approximate surface area is 119 Å². The summed E-state index contributed by atoms with van der Waals surface area (Å²) in [5.74, 6) is -0.0622. The van der Waals surface area contributed by atoms with Crippen molar-refractivity contribution in [3.05, 3.63) is 36.0 Å². The van der Waals surface area contributed by atoms with Crippen molar-refractivity contribution < 1.29 is 9.90 Å². The van der Waals surface area contributed by atoms with Crippen LogP contribution in [-0.4, -0.2) is 28.7 Å². The highest BCUT2D eigenvalue weighted by molar-refractivity contribution is 6.06. The Morgan fingerprint density at radius 1 is 1.35 bits per heavy atom. The second-order valence-electron chi connectivity index (χ2n) is 5.99. The highest BCUT2D eigenvalue weighted by Gasteiger charge is 2.20. The molecule has 2 N–H and O–H groups in total. The van der Waals surface area contributed by atoms with E-state index in [4.69, 9.17) is 5.11 Å². The highest BCUT2D eigenvalue weighted by Crippen LogP contribution is 2.21. The third-order valence-corrected chi connectivity index (χ3v) is 3.66. The van der Waals surface area contributed by atoms with Gasteiger partial charge < -0.3 is 15.0 Å². The zero-order valence-corrected chi connectivity index (χ0v) is 12.3. The van der Waals surface area contributed by atoms with Crippen molar-refractivity contribution in [3.63, 3.8) is 0 Å². The summed E-state index contributed by atoms with van der Waals surface area (Å²) in [6.45, 7) is 4.76. The van der Waals surface area contributed by atoms with Crippen LogP contribution in [-0.2, 0) is 7.05 Å². The quantitative estimate of drug-likeness (QED) is 0.879. The molecule has 4 heteroatoms. The number of carbonyl (C=O) groups is 1. The molecule has 0 saturated carbocycles. The molecule has 0 fully saturated rings. The van der Waals surface area contributed by atoms with Crippen molar-refractivity contribution in [2.75, 3.05) is 13.2 Å². The summed E-state index contributed by atoms with van der Waals surface area (Å²) in [7, 11) is 1.94. The first-order chi connectivity index (χ1) is 9.44. The SMILES string of the molecule is Cn1cc(C(=O)NCC(C)(C)CCO)c2ccccc21. The standard InChI is InChI=1S/C16H22N2O2/c1-16(2,8-9-19)11-17-15(20)13-10-18(3)14-7-5-4-6-12(13)14/h4-7,10,19H,8-9,11H2,1-3H3,(H,17,20). The summed E-state index contributed by atoms with van der Waals surface area (Å²) >= 11 is 0. The number of carbonyl (C=O) groups excluding carboxylic acids is 1. The van der Waals surface area contributed by atoms with Gasteiger partial charge >= 0.3 is 0 Å². The zero-order chi connectivity index (χ0) is 14.8. The molecule has 0 atom stereocenters. The third kappa shape index (κ3) is 3.02. The molecule has 0 spiro atoms. The van der Waals surface area contributed by atoms with E-state index in [1.165, 1.54) is 0 Å². The fourth-order valence-corrected chi connectivity index (χ4v) is 2.33. The maximum Gasteiger partial charge on any atom is 0.253 e. The van der Waals surface area contributed by atoms with E-state index in [0.717, 1.165) is 10.9 Å². The number of hydrogen-bond acceptors (Lipinski definition) is 2. The number of rotatable bonds is 5. The molecule has 0 aliphatic rings. The summed E-state index contributed by atoms with van der Waals surface area (Å²) in [6.07, 6.45) is 2.53. The largest absolute Gasteiger partial charge is 0.396 e. The van der Waals surface area contributed by atoms with Gasteiger partial charge in [-0.3, -0.25) is 4.79 Å². The Bertz CT molecular complexity index is 614. The highest BCUT2D eigenvalue weighted by atomic mass is 16.3. The smallest absolute Gasteiger partial charge is 0.253 e. The zero-order valence-electron chi connectivity index (χ0n) is 12.3. The lowest BCUT2D eigenvalue weighted by molar-refractivity contribution is 0.0929. The molecule has 108 valence electrons. The molecule has 0 bridgehead atoms. The lowest BCUT2D eigenvalue weighted by Crippen LogP contribution is -2.34. The molecular weight excluding hydrogens is 252 g/mol. The monoisotopic (exact) mass is 274 g/mol. The van der Waals surface area contributed by atoms with Crippen LogP contribution in [0.5, 0.6) is 0 Å². The molecule has 0 unspecified atom stereocenters. The Morgan fingerprint density at radius 2 is 2.05 bits per heavy atom. The third-order valence-electron chi connectivity index (χ3n) is 3.66. The minimum Gasteiger partial charge on any atom is -0.396 e. The summed E-state index contributed by atoms with van der Waals surface area (Å²) in [5, 5.41) is 12.9. The predicted octanol–water partition coefficient (Wildman–Crippen LogP) is 2.32. The van der Waals surface area contributed by atoms with Crippen LogP contribution in [0.3, 0.4) is 0 Å². The van der Waals surface area contributed by atoms with Crippen molar-refractivity contribution in [1.29, 1.82) is 0 Å². The summed E-state index contributed by atoms with van der Waals surface area (Å²) < 4.78 is 1.96. The Balaban J connectivity index is 2.16. The lowest BCUT2D eigenvalue weighted by Gasteiger charge is -2.23. The molecule has 1 aromatic carbocycles. The number of fused-ring (bicyclic) bond motifs is 1. The number of benzene rings is 1. The van der Waals surface area contributed by atoms with E-state index >= 15 is 0 Å². The average Bonchev–Trinajstić information content (AvgIpc) is 2.74. The van der Waals surface area contributed by atoms with Gasteiger partial charge in [-0.1, -0.05) is 32.0 Å². The molecule has 4 nitrogen and oxygen atoms in total. The number of hydrogen-bond donors (Lipinski definition) is 2. The van der Waals surface area contributed by atoms with Crippen molar-refractivity contribution in [2.24, 2.45) is 12.5 Å². The van der Waals surface area contributed by atoms with Crippen molar-refractivity contribution in [1.82, 2.24) is 9.88 Å². The number of aromatic nitrogens is 1. The van der Waals surface area contributed by atoms with Crippen LogP contribution < -0.4 is 5.32 Å². The molecule has 20 heavy (non-hydrogen) atoms. The molecule has 1 amide bonds. The van der Waals surface area contributed by atoms with E-state index in [2.05, 4.69) is 5.32 Å². The Hall–Kier alpha value is -1.81. The van der Waals surface area contributed by atoms with Crippen LogP contribution >= 0.6 is 0 Å². The molecule has 1 heterocycles. The van der Waals surface area contributed by atoms with Crippen LogP contribution in [0.15, 0.2) is 30.5 Å². The number of nitrogens with zero attached hydrogens (tertiary/aromatic N) is 1. The number of amides is 1. The van der Waals surface area contributed by atoms with E-state index in [0.29, 0.717) is 18.5 Å². The van der Waals surface area contributed by atoms with Crippen LogP contribution in [0.25, 0.3) is 10.9 Å². The van der Waals surface area contributed by atoms with Crippen LogP contribution in [0, 0.1) is 5.41 Å². The molecular formula is C16H22N2O2. The normalized spacial score (nSPS) is 11.8. The number of para-hydroxylation sites is 1. The molecule has 1 aromatic heterocycles. The van der Waals surface area contributed by atoms with Gasteiger partial charge in [0.2, 0.25) is 0 Å². The first kappa shape index (κ1) is 14.6. The van der Waals surface area contributed by atoms with Crippen LogP contribution in [0.2, 0.25) is 0 Å². The molecule has 2 aromatic rings. The second-order valence-corrected chi connectivity index (χ2v) is 5.99. The fourth-order valence-electron chi connectivity index (χ4n) is 2.33. The topological polar surface area (TPSA) is 54.3 Å². The molecule has 2 rings (SSSR count). The lowest BCUT2D eigenvalue weighted by atomic mass is 9.89. The van der Waals surface area contributed by atoms with Crippen molar-refractivity contribution in [2.45, 2.75) is 20.3 Å². The minimum atomic E-state index is -0.102. The molecule has 0 aliphatic heterocycles. The average molecular weight is 274 g/mol. The first-order valence-corrected chi connectivity index (χ1v) is 6.88. The van der Waals surface area contributed by atoms with E-state index in [1.54, 1.807) is 0 Å².